The van der Waals surface area contributed by atoms with E-state index in [0.29, 0.717) is 18.9 Å². The molecule has 4 atom stereocenters. The molecular formula is C40H48N8O6. The topological polar surface area (TPSA) is 186 Å². The number of amides is 4. The molecule has 0 unspecified atom stereocenters. The minimum absolute atomic E-state index is 0.109. The maximum atomic E-state index is 13.6. The van der Waals surface area contributed by atoms with Gasteiger partial charge in [0.05, 0.1) is 43.0 Å². The highest BCUT2D eigenvalue weighted by atomic mass is 16.5. The van der Waals surface area contributed by atoms with Crippen LogP contribution in [0.15, 0.2) is 48.8 Å². The average molecular weight is 737 g/mol. The summed E-state index contributed by atoms with van der Waals surface area (Å²) >= 11 is 0. The monoisotopic (exact) mass is 736 g/mol. The molecule has 0 radical (unpaired) electrons. The van der Waals surface area contributed by atoms with Gasteiger partial charge in [-0.05, 0) is 89.5 Å². The van der Waals surface area contributed by atoms with Crippen LogP contribution in [-0.4, -0.2) is 91.1 Å². The van der Waals surface area contributed by atoms with E-state index in [0.717, 1.165) is 60.4 Å². The van der Waals surface area contributed by atoms with Crippen molar-refractivity contribution >= 4 is 24.0 Å². The molecule has 4 aromatic rings. The lowest BCUT2D eigenvalue weighted by Crippen LogP contribution is -2.51. The first-order chi connectivity index (χ1) is 25.9. The van der Waals surface area contributed by atoms with Crippen molar-refractivity contribution in [2.75, 3.05) is 20.2 Å². The largest absolute Gasteiger partial charge is 0.465 e. The van der Waals surface area contributed by atoms with Crippen molar-refractivity contribution in [3.8, 4) is 33.6 Å². The number of benzene rings is 2. The summed E-state index contributed by atoms with van der Waals surface area (Å²) in [6, 6.07) is 10.9. The van der Waals surface area contributed by atoms with E-state index in [2.05, 4.69) is 62.0 Å². The van der Waals surface area contributed by atoms with Crippen LogP contribution in [0.5, 0.6) is 0 Å². The Bertz CT molecular complexity index is 2070. The molecule has 2 aliphatic heterocycles. The van der Waals surface area contributed by atoms with Crippen molar-refractivity contribution in [3.05, 3.63) is 71.6 Å². The smallest absolute Gasteiger partial charge is 0.407 e. The molecule has 7 rings (SSSR count). The van der Waals surface area contributed by atoms with Gasteiger partial charge in [0, 0.05) is 13.1 Å². The molecule has 284 valence electrons. The summed E-state index contributed by atoms with van der Waals surface area (Å²) in [4.78, 5) is 70.3. The third-order valence-corrected chi connectivity index (χ3v) is 11.0. The van der Waals surface area contributed by atoms with Crippen LogP contribution < -0.4 is 10.6 Å². The Labute approximate surface area is 314 Å². The number of carbonyl (C=O) groups excluding carboxylic acids is 3. The van der Waals surface area contributed by atoms with Crippen LogP contribution in [0, 0.1) is 11.8 Å². The Balaban J connectivity index is 1.05. The van der Waals surface area contributed by atoms with E-state index < -0.39 is 24.3 Å². The van der Waals surface area contributed by atoms with Gasteiger partial charge in [-0.1, -0.05) is 52.0 Å². The number of likely N-dealkylation sites (tertiary alicyclic amines) is 2. The zero-order chi connectivity index (χ0) is 38.3. The van der Waals surface area contributed by atoms with Crippen molar-refractivity contribution < 1.29 is 29.0 Å². The average Bonchev–Trinajstić information content (AvgIpc) is 4.00. The van der Waals surface area contributed by atoms with Crippen LogP contribution in [0.1, 0.15) is 88.2 Å². The maximum absolute atomic E-state index is 13.6. The third-order valence-electron chi connectivity index (χ3n) is 11.0. The summed E-state index contributed by atoms with van der Waals surface area (Å²) in [5.41, 5.74) is 8.53. The summed E-state index contributed by atoms with van der Waals surface area (Å²) in [6.45, 7) is 8.62. The van der Waals surface area contributed by atoms with E-state index in [1.165, 1.54) is 29.4 Å². The number of H-pyrrole nitrogens is 2. The number of ether oxygens (including phenoxy) is 1. The van der Waals surface area contributed by atoms with Crippen molar-refractivity contribution in [2.45, 2.75) is 84.0 Å². The first-order valence-corrected chi connectivity index (χ1v) is 18.7. The summed E-state index contributed by atoms with van der Waals surface area (Å²) in [5, 5.41) is 14.4. The normalized spacial score (nSPS) is 18.8. The molecule has 54 heavy (non-hydrogen) atoms. The first kappa shape index (κ1) is 36.7. The zero-order valence-electron chi connectivity index (χ0n) is 31.3. The van der Waals surface area contributed by atoms with E-state index >= 15 is 0 Å². The molecule has 14 nitrogen and oxygen atoms in total. The lowest BCUT2D eigenvalue weighted by Gasteiger charge is -2.30. The minimum atomic E-state index is -1.21. The Morgan fingerprint density at radius 1 is 0.759 bits per heavy atom. The van der Waals surface area contributed by atoms with E-state index in [1.807, 2.05) is 38.8 Å². The minimum Gasteiger partial charge on any atom is -0.465 e. The molecular weight excluding hydrogens is 688 g/mol. The number of nitrogens with one attached hydrogen (secondary N) is 4. The van der Waals surface area contributed by atoms with E-state index in [4.69, 9.17) is 9.72 Å². The van der Waals surface area contributed by atoms with Gasteiger partial charge in [0.2, 0.25) is 11.8 Å². The molecule has 2 fully saturated rings. The quantitative estimate of drug-likeness (QED) is 0.115. The predicted molar refractivity (Wildman–Crippen MR) is 201 cm³/mol. The number of fused-ring (bicyclic) bond motifs is 3. The van der Waals surface area contributed by atoms with Crippen LogP contribution in [0.2, 0.25) is 0 Å². The maximum Gasteiger partial charge on any atom is 0.407 e. The van der Waals surface area contributed by atoms with Crippen LogP contribution >= 0.6 is 0 Å². The molecule has 4 amide bonds. The third kappa shape index (κ3) is 7.04. The van der Waals surface area contributed by atoms with E-state index in [1.54, 1.807) is 11.1 Å². The molecule has 1 aliphatic carbocycles. The van der Waals surface area contributed by atoms with Gasteiger partial charge in [-0.2, -0.15) is 0 Å². The van der Waals surface area contributed by atoms with Gasteiger partial charge in [0.15, 0.2) is 0 Å². The lowest BCUT2D eigenvalue weighted by atomic mass is 10.0. The number of imidazole rings is 2. The van der Waals surface area contributed by atoms with Crippen molar-refractivity contribution in [1.29, 1.82) is 0 Å². The number of hydrogen-bond donors (Lipinski definition) is 5. The second-order valence-electron chi connectivity index (χ2n) is 15.2. The highest BCUT2D eigenvalue weighted by Gasteiger charge is 2.39. The number of methoxy groups -OCH3 is 1. The number of carboxylic acid groups (broad SMARTS) is 1. The number of aromatic nitrogens is 4. The molecule has 4 heterocycles. The second kappa shape index (κ2) is 15.0. The highest BCUT2D eigenvalue weighted by molar-refractivity contribution is 5.87. The fraction of sp³-hybridized carbons (Fsp3) is 0.450. The summed E-state index contributed by atoms with van der Waals surface area (Å²) in [5.74, 6) is 0.760. The zero-order valence-corrected chi connectivity index (χ0v) is 31.3. The first-order valence-electron chi connectivity index (χ1n) is 18.7. The van der Waals surface area contributed by atoms with Gasteiger partial charge in [-0.3, -0.25) is 9.59 Å². The number of hydrogen-bond acceptors (Lipinski definition) is 7. The number of alkyl carbamates (subject to hydrolysis) is 1. The molecule has 2 saturated heterocycles. The fourth-order valence-electron chi connectivity index (χ4n) is 8.18. The standard InChI is InChI=1S/C40H48N8O6/c1-21(2)33(45-39(51)52)37(49)47-14-6-8-31(47)35-41-19-29(43-35)23-10-12-27-25(16-23)18-26-17-24(11-13-28(26)27)30-20-42-36(44-30)32-9-7-15-48(32)38(50)34(22(3)4)46-40(53)54-5/h10-13,16-17,19-22,31-34,45H,6-9,14-15,18H2,1-5H3,(H,41,43)(H,42,44)(H,46,53)(H,51,52)/t31-,32-,33-,34-/m0/s1. The molecule has 0 saturated carbocycles. The van der Waals surface area contributed by atoms with Gasteiger partial charge >= 0.3 is 12.2 Å². The Hall–Kier alpha value is -5.66. The number of carbonyl (C=O) groups is 4. The van der Waals surface area contributed by atoms with Gasteiger partial charge in [0.1, 0.15) is 23.7 Å². The SMILES string of the molecule is COC(=O)N[C@H](C(=O)N1CCC[C@H]1c1ncc(-c2ccc3c(c2)Cc2cc(-c4cnc([C@@H]5CCCN5C(=O)[C@@H](NC(=O)O)C(C)C)[nH]4)ccc2-3)[nH]1)C(C)C. The summed E-state index contributed by atoms with van der Waals surface area (Å²) in [6.07, 6.45) is 5.75. The Morgan fingerprint density at radius 3 is 1.65 bits per heavy atom. The highest BCUT2D eigenvalue weighted by Crippen LogP contribution is 2.41. The number of aromatic amines is 2. The van der Waals surface area contributed by atoms with Crippen molar-refractivity contribution in [1.82, 2.24) is 40.4 Å². The molecule has 5 N–H and O–H groups in total. The predicted octanol–water partition coefficient (Wildman–Crippen LogP) is 6.04. The fourth-order valence-corrected chi connectivity index (χ4v) is 8.18. The van der Waals surface area contributed by atoms with Crippen molar-refractivity contribution in [3.63, 3.8) is 0 Å². The number of nitrogens with zero attached hydrogens (tertiary/aromatic N) is 4. The molecule has 14 heteroatoms. The molecule has 3 aliphatic rings. The Morgan fingerprint density at radius 2 is 1.22 bits per heavy atom. The van der Waals surface area contributed by atoms with Crippen molar-refractivity contribution in [2.24, 2.45) is 11.8 Å². The van der Waals surface area contributed by atoms with Gasteiger partial charge in [-0.25, -0.2) is 19.6 Å². The van der Waals surface area contributed by atoms with E-state index in [-0.39, 0.29) is 35.7 Å². The van der Waals surface area contributed by atoms with Gasteiger partial charge in [0.25, 0.3) is 0 Å². The second-order valence-corrected chi connectivity index (χ2v) is 15.2. The number of rotatable bonds is 10. The van der Waals surface area contributed by atoms with Crippen LogP contribution in [-0.2, 0) is 20.7 Å². The lowest BCUT2D eigenvalue weighted by molar-refractivity contribution is -0.136. The molecule has 2 aromatic heterocycles. The van der Waals surface area contributed by atoms with Crippen LogP contribution in [0.25, 0.3) is 33.6 Å². The summed E-state index contributed by atoms with van der Waals surface area (Å²) in [7, 11) is 1.29. The molecule has 0 spiro atoms. The van der Waals surface area contributed by atoms with Gasteiger partial charge < -0.3 is 40.2 Å². The Kier molecular flexibility index (Phi) is 10.2. The summed E-state index contributed by atoms with van der Waals surface area (Å²) < 4.78 is 4.76. The van der Waals surface area contributed by atoms with E-state index in [9.17, 15) is 24.3 Å². The molecule has 2 aromatic carbocycles. The molecule has 0 bridgehead atoms. The van der Waals surface area contributed by atoms with Crippen LogP contribution in [0.3, 0.4) is 0 Å². The van der Waals surface area contributed by atoms with Gasteiger partial charge in [-0.15, -0.1) is 0 Å². The van der Waals surface area contributed by atoms with Crippen LogP contribution in [0.4, 0.5) is 9.59 Å².